The lowest BCUT2D eigenvalue weighted by atomic mass is 9.87. The zero-order valence-electron chi connectivity index (χ0n) is 25.0. The van der Waals surface area contributed by atoms with E-state index in [2.05, 4.69) is 92.5 Å². The SMILES string of the molecule is CCC1Cc2cc(-c3ccccc3)ccc2C(N(C)CCOc2ccc(CC(OC)C(=O)O)cc2)c2ccc(C)cc21. The molecule has 0 saturated heterocycles. The number of carbonyl (C=O) groups is 1. The third-order valence-electron chi connectivity index (χ3n) is 8.54. The number of methoxy groups -OCH3 is 1. The number of likely N-dealkylation sites (N-methyl/N-ethyl adjacent to an activating group) is 1. The number of nitrogens with zero attached hydrogens (tertiary/aromatic N) is 1. The third-order valence-corrected chi connectivity index (χ3v) is 8.54. The highest BCUT2D eigenvalue weighted by Gasteiger charge is 2.31. The number of carboxylic acid groups (broad SMARTS) is 1. The van der Waals surface area contributed by atoms with Crippen molar-refractivity contribution in [3.05, 3.63) is 124 Å². The molecule has 3 unspecified atom stereocenters. The van der Waals surface area contributed by atoms with Gasteiger partial charge in [0.2, 0.25) is 0 Å². The first-order valence-electron chi connectivity index (χ1n) is 14.8. The number of aliphatic carboxylic acids is 1. The molecule has 0 amide bonds. The highest BCUT2D eigenvalue weighted by molar-refractivity contribution is 5.72. The quantitative estimate of drug-likeness (QED) is 0.205. The molecule has 5 rings (SSSR count). The van der Waals surface area contributed by atoms with Crippen molar-refractivity contribution in [3.8, 4) is 16.9 Å². The summed E-state index contributed by atoms with van der Waals surface area (Å²) < 4.78 is 11.2. The number of benzene rings is 4. The fourth-order valence-electron chi connectivity index (χ4n) is 6.18. The summed E-state index contributed by atoms with van der Waals surface area (Å²) in [6, 6.07) is 32.4. The molecule has 0 heterocycles. The Balaban J connectivity index is 1.37. The second-order valence-electron chi connectivity index (χ2n) is 11.4. The van der Waals surface area contributed by atoms with E-state index in [-0.39, 0.29) is 6.04 Å². The summed E-state index contributed by atoms with van der Waals surface area (Å²) in [6.45, 7) is 5.78. The van der Waals surface area contributed by atoms with Crippen LogP contribution in [0, 0.1) is 6.92 Å². The van der Waals surface area contributed by atoms with E-state index in [0.29, 0.717) is 18.9 Å². The minimum atomic E-state index is -0.959. The lowest BCUT2D eigenvalue weighted by molar-refractivity contribution is -0.148. The summed E-state index contributed by atoms with van der Waals surface area (Å²) in [5, 5.41) is 9.26. The Morgan fingerprint density at radius 3 is 2.36 bits per heavy atom. The molecule has 0 radical (unpaired) electrons. The van der Waals surface area contributed by atoms with E-state index in [4.69, 9.17) is 9.47 Å². The monoisotopic (exact) mass is 563 g/mol. The minimum Gasteiger partial charge on any atom is -0.492 e. The molecule has 0 aliphatic heterocycles. The number of rotatable bonds is 11. The van der Waals surface area contributed by atoms with Gasteiger partial charge in [-0.25, -0.2) is 4.79 Å². The molecule has 1 aliphatic carbocycles. The zero-order chi connectivity index (χ0) is 29.6. The summed E-state index contributed by atoms with van der Waals surface area (Å²) in [7, 11) is 3.61. The first-order chi connectivity index (χ1) is 20.4. The Kier molecular flexibility index (Phi) is 9.41. The number of fused-ring (bicyclic) bond motifs is 2. The topological polar surface area (TPSA) is 59.0 Å². The third kappa shape index (κ3) is 6.59. The zero-order valence-corrected chi connectivity index (χ0v) is 25.0. The van der Waals surface area contributed by atoms with Crippen molar-refractivity contribution < 1.29 is 19.4 Å². The number of ether oxygens (including phenoxy) is 2. The Labute approximate surface area is 249 Å². The van der Waals surface area contributed by atoms with Gasteiger partial charge in [0.1, 0.15) is 12.4 Å². The smallest absolute Gasteiger partial charge is 0.333 e. The van der Waals surface area contributed by atoms with Crippen LogP contribution >= 0.6 is 0 Å². The molecule has 0 fully saturated rings. The van der Waals surface area contributed by atoms with Crippen molar-refractivity contribution in [1.82, 2.24) is 4.90 Å². The number of hydrogen-bond acceptors (Lipinski definition) is 4. The molecule has 5 heteroatoms. The van der Waals surface area contributed by atoms with E-state index in [1.807, 2.05) is 24.3 Å². The van der Waals surface area contributed by atoms with E-state index in [0.717, 1.165) is 30.7 Å². The van der Waals surface area contributed by atoms with Crippen molar-refractivity contribution in [2.45, 2.75) is 51.2 Å². The van der Waals surface area contributed by atoms with Gasteiger partial charge in [0.25, 0.3) is 0 Å². The molecule has 4 aromatic carbocycles. The van der Waals surface area contributed by atoms with Gasteiger partial charge in [-0.15, -0.1) is 0 Å². The van der Waals surface area contributed by atoms with Crippen LogP contribution in [0.3, 0.4) is 0 Å². The van der Waals surface area contributed by atoms with Gasteiger partial charge in [0, 0.05) is 20.1 Å². The van der Waals surface area contributed by atoms with Crippen LogP contribution in [0.25, 0.3) is 11.1 Å². The average Bonchev–Trinajstić information content (AvgIpc) is 3.14. The van der Waals surface area contributed by atoms with Gasteiger partial charge in [0.05, 0.1) is 6.04 Å². The maximum absolute atomic E-state index is 11.3. The Morgan fingerprint density at radius 1 is 0.929 bits per heavy atom. The lowest BCUT2D eigenvalue weighted by Gasteiger charge is -2.31. The van der Waals surface area contributed by atoms with Crippen LogP contribution in [0.4, 0.5) is 0 Å². The van der Waals surface area contributed by atoms with E-state index in [1.54, 1.807) is 0 Å². The van der Waals surface area contributed by atoms with Crippen molar-refractivity contribution >= 4 is 5.97 Å². The standard InChI is InChI=1S/C37H41NO4/c1-5-27-23-30-24-29(28-9-7-6-8-10-28)14-18-32(30)36(33-17-11-25(2)21-34(27)33)38(3)19-20-42-31-15-12-26(13-16-31)22-35(41-4)37(39)40/h6-18,21,24,27,35-36H,5,19-20,22-23H2,1-4H3,(H,39,40). The van der Waals surface area contributed by atoms with Crippen LogP contribution in [-0.4, -0.2) is 49.4 Å². The van der Waals surface area contributed by atoms with E-state index < -0.39 is 12.1 Å². The van der Waals surface area contributed by atoms with Crippen LogP contribution in [-0.2, 0) is 22.4 Å². The summed E-state index contributed by atoms with van der Waals surface area (Å²) >= 11 is 0. The van der Waals surface area contributed by atoms with E-state index in [9.17, 15) is 9.90 Å². The van der Waals surface area contributed by atoms with Gasteiger partial charge < -0.3 is 14.6 Å². The predicted octanol–water partition coefficient (Wildman–Crippen LogP) is 7.45. The molecular formula is C37H41NO4. The molecular weight excluding hydrogens is 522 g/mol. The Hall–Kier alpha value is -3.93. The van der Waals surface area contributed by atoms with Gasteiger partial charge in [0.15, 0.2) is 6.10 Å². The minimum absolute atomic E-state index is 0.130. The Bertz CT molecular complexity index is 1500. The summed E-state index contributed by atoms with van der Waals surface area (Å²) in [5.41, 5.74) is 10.3. The van der Waals surface area contributed by atoms with Gasteiger partial charge in [-0.05, 0) is 83.8 Å². The van der Waals surface area contributed by atoms with E-state index in [1.165, 1.54) is 46.1 Å². The van der Waals surface area contributed by atoms with Crippen molar-refractivity contribution in [2.75, 3.05) is 27.3 Å². The molecule has 42 heavy (non-hydrogen) atoms. The second kappa shape index (κ2) is 13.4. The molecule has 0 saturated carbocycles. The average molecular weight is 564 g/mol. The fourth-order valence-corrected chi connectivity index (χ4v) is 6.18. The van der Waals surface area contributed by atoms with Gasteiger partial charge in [-0.2, -0.15) is 0 Å². The molecule has 0 bridgehead atoms. The molecule has 3 atom stereocenters. The molecule has 0 aromatic heterocycles. The van der Waals surface area contributed by atoms with E-state index >= 15 is 0 Å². The Morgan fingerprint density at radius 2 is 1.67 bits per heavy atom. The van der Waals surface area contributed by atoms with Gasteiger partial charge in [-0.1, -0.05) is 91.3 Å². The second-order valence-corrected chi connectivity index (χ2v) is 11.4. The van der Waals surface area contributed by atoms with Crippen LogP contribution in [0.15, 0.2) is 91.0 Å². The predicted molar refractivity (Wildman–Crippen MR) is 168 cm³/mol. The first-order valence-corrected chi connectivity index (χ1v) is 14.8. The molecule has 1 N–H and O–H groups in total. The number of aryl methyl sites for hydroxylation is 1. The normalized spacial score (nSPS) is 16.8. The van der Waals surface area contributed by atoms with Crippen molar-refractivity contribution in [1.29, 1.82) is 0 Å². The highest BCUT2D eigenvalue weighted by atomic mass is 16.5. The van der Waals surface area contributed by atoms with Crippen molar-refractivity contribution in [3.63, 3.8) is 0 Å². The highest BCUT2D eigenvalue weighted by Crippen LogP contribution is 2.43. The lowest BCUT2D eigenvalue weighted by Crippen LogP contribution is -2.30. The van der Waals surface area contributed by atoms with Crippen LogP contribution < -0.4 is 4.74 Å². The van der Waals surface area contributed by atoms with Gasteiger partial charge in [-0.3, -0.25) is 4.90 Å². The van der Waals surface area contributed by atoms with Gasteiger partial charge >= 0.3 is 5.97 Å². The molecule has 5 nitrogen and oxygen atoms in total. The first kappa shape index (κ1) is 29.6. The molecule has 4 aromatic rings. The summed E-state index contributed by atoms with van der Waals surface area (Å²) in [6.07, 6.45) is 1.59. The van der Waals surface area contributed by atoms with Crippen LogP contribution in [0.1, 0.15) is 58.7 Å². The fraction of sp³-hybridized carbons (Fsp3) is 0.324. The number of carboxylic acids is 1. The van der Waals surface area contributed by atoms with Crippen molar-refractivity contribution in [2.24, 2.45) is 0 Å². The van der Waals surface area contributed by atoms with Crippen LogP contribution in [0.5, 0.6) is 5.75 Å². The molecule has 0 spiro atoms. The maximum atomic E-state index is 11.3. The summed E-state index contributed by atoms with van der Waals surface area (Å²) in [4.78, 5) is 13.7. The van der Waals surface area contributed by atoms with Crippen LogP contribution in [0.2, 0.25) is 0 Å². The number of hydrogen-bond donors (Lipinski definition) is 1. The summed E-state index contributed by atoms with van der Waals surface area (Å²) in [5.74, 6) is 0.281. The maximum Gasteiger partial charge on any atom is 0.333 e. The molecule has 1 aliphatic rings. The molecule has 218 valence electrons. The largest absolute Gasteiger partial charge is 0.492 e.